The highest BCUT2D eigenvalue weighted by molar-refractivity contribution is 9.10. The molecule has 0 amide bonds. The Bertz CT molecular complexity index is 441. The molecule has 1 N–H and O–H groups in total. The van der Waals surface area contributed by atoms with E-state index in [4.69, 9.17) is 9.84 Å². The average molecular weight is 313 g/mol. The van der Waals surface area contributed by atoms with E-state index in [9.17, 15) is 4.79 Å². The molecule has 0 fully saturated rings. The molecule has 98 valence electrons. The second kappa shape index (κ2) is 7.21. The van der Waals surface area contributed by atoms with Gasteiger partial charge in [-0.15, -0.1) is 0 Å². The van der Waals surface area contributed by atoms with Crippen LogP contribution in [0.3, 0.4) is 0 Å². The van der Waals surface area contributed by atoms with Crippen LogP contribution in [0.4, 0.5) is 0 Å². The Kier molecular flexibility index (Phi) is 5.92. The molecule has 1 unspecified atom stereocenters. The number of ether oxygens (including phenoxy) is 1. The van der Waals surface area contributed by atoms with Gasteiger partial charge in [0.05, 0.1) is 6.10 Å². The highest BCUT2D eigenvalue weighted by Gasteiger charge is 2.07. The minimum atomic E-state index is -0.970. The van der Waals surface area contributed by atoms with Crippen LogP contribution in [0.15, 0.2) is 28.7 Å². The van der Waals surface area contributed by atoms with Gasteiger partial charge in [0.1, 0.15) is 5.75 Å². The Morgan fingerprint density at radius 3 is 2.89 bits per heavy atom. The number of rotatable bonds is 6. The van der Waals surface area contributed by atoms with E-state index < -0.39 is 5.97 Å². The third kappa shape index (κ3) is 4.92. The van der Waals surface area contributed by atoms with Crippen molar-refractivity contribution < 1.29 is 14.6 Å². The van der Waals surface area contributed by atoms with E-state index in [2.05, 4.69) is 22.9 Å². The number of hydrogen-bond acceptors (Lipinski definition) is 2. The number of aliphatic carboxylic acids is 1. The minimum absolute atomic E-state index is 0.119. The number of carbonyl (C=O) groups is 1. The third-order valence-electron chi connectivity index (χ3n) is 2.40. The maximum Gasteiger partial charge on any atom is 0.328 e. The van der Waals surface area contributed by atoms with Crippen LogP contribution >= 0.6 is 15.9 Å². The Morgan fingerprint density at radius 2 is 2.28 bits per heavy atom. The molecule has 1 atom stereocenters. The molecule has 0 bridgehead atoms. The summed E-state index contributed by atoms with van der Waals surface area (Å²) in [7, 11) is 0. The van der Waals surface area contributed by atoms with Crippen LogP contribution in [0.25, 0.3) is 6.08 Å². The van der Waals surface area contributed by atoms with Crippen molar-refractivity contribution in [1.29, 1.82) is 0 Å². The van der Waals surface area contributed by atoms with E-state index >= 15 is 0 Å². The van der Waals surface area contributed by atoms with E-state index in [1.807, 2.05) is 25.1 Å². The average Bonchev–Trinajstić information content (AvgIpc) is 2.29. The van der Waals surface area contributed by atoms with Crippen LogP contribution in [0, 0.1) is 0 Å². The van der Waals surface area contributed by atoms with Gasteiger partial charge in [0, 0.05) is 16.1 Å². The van der Waals surface area contributed by atoms with E-state index in [1.165, 1.54) is 0 Å². The first kappa shape index (κ1) is 14.8. The van der Waals surface area contributed by atoms with Crippen LogP contribution in [-0.2, 0) is 4.79 Å². The smallest absolute Gasteiger partial charge is 0.328 e. The van der Waals surface area contributed by atoms with Crippen molar-refractivity contribution in [2.75, 3.05) is 0 Å². The van der Waals surface area contributed by atoms with Gasteiger partial charge in [0.25, 0.3) is 0 Å². The van der Waals surface area contributed by atoms with Crippen LogP contribution < -0.4 is 4.74 Å². The lowest BCUT2D eigenvalue weighted by atomic mass is 10.1. The van der Waals surface area contributed by atoms with Gasteiger partial charge in [-0.25, -0.2) is 4.79 Å². The fourth-order valence-electron chi connectivity index (χ4n) is 1.60. The molecule has 0 aliphatic carbocycles. The number of hydrogen-bond donors (Lipinski definition) is 1. The van der Waals surface area contributed by atoms with Crippen molar-refractivity contribution in [3.63, 3.8) is 0 Å². The van der Waals surface area contributed by atoms with Crippen LogP contribution in [0.5, 0.6) is 5.75 Å². The fraction of sp³-hybridized carbons (Fsp3) is 0.357. The maximum atomic E-state index is 10.6. The monoisotopic (exact) mass is 312 g/mol. The standard InChI is InChI=1S/C14H17BrO3/c1-3-4-10(2)18-13-7-6-12(15)9-11(13)5-8-14(16)17/h5-10H,3-4H2,1-2H3,(H,16,17)/b8-5+. The van der Waals surface area contributed by atoms with Crippen molar-refractivity contribution >= 4 is 28.0 Å². The lowest BCUT2D eigenvalue weighted by Crippen LogP contribution is -2.11. The van der Waals surface area contributed by atoms with Gasteiger partial charge in [-0.3, -0.25) is 0 Å². The fourth-order valence-corrected chi connectivity index (χ4v) is 1.98. The molecule has 0 saturated heterocycles. The van der Waals surface area contributed by atoms with Crippen molar-refractivity contribution in [2.45, 2.75) is 32.8 Å². The molecule has 3 nitrogen and oxygen atoms in total. The summed E-state index contributed by atoms with van der Waals surface area (Å²) >= 11 is 3.36. The second-order valence-electron chi connectivity index (χ2n) is 4.07. The van der Waals surface area contributed by atoms with E-state index in [0.29, 0.717) is 5.75 Å². The molecule has 4 heteroatoms. The molecule has 1 aromatic rings. The zero-order chi connectivity index (χ0) is 13.5. The number of carboxylic acids is 1. The zero-order valence-electron chi connectivity index (χ0n) is 10.5. The second-order valence-corrected chi connectivity index (χ2v) is 4.99. The normalized spacial score (nSPS) is 12.6. The Hall–Kier alpha value is -1.29. The number of benzene rings is 1. The van der Waals surface area contributed by atoms with Crippen LogP contribution in [-0.4, -0.2) is 17.2 Å². The predicted molar refractivity (Wildman–Crippen MR) is 75.8 cm³/mol. The summed E-state index contributed by atoms with van der Waals surface area (Å²) < 4.78 is 6.70. The SMILES string of the molecule is CCCC(C)Oc1ccc(Br)cc1/C=C/C(=O)O. The molecule has 0 aromatic heterocycles. The molecule has 0 saturated carbocycles. The number of carboxylic acid groups (broad SMARTS) is 1. The zero-order valence-corrected chi connectivity index (χ0v) is 12.1. The molecule has 0 radical (unpaired) electrons. The van der Waals surface area contributed by atoms with Gasteiger partial charge in [0.15, 0.2) is 0 Å². The molecular formula is C14H17BrO3. The topological polar surface area (TPSA) is 46.5 Å². The summed E-state index contributed by atoms with van der Waals surface area (Å²) in [5, 5.41) is 8.66. The first-order chi connectivity index (χ1) is 8.52. The molecular weight excluding hydrogens is 296 g/mol. The van der Waals surface area contributed by atoms with Crippen molar-refractivity contribution in [1.82, 2.24) is 0 Å². The minimum Gasteiger partial charge on any atom is -0.490 e. The van der Waals surface area contributed by atoms with Gasteiger partial charge in [-0.2, -0.15) is 0 Å². The predicted octanol–water partition coefficient (Wildman–Crippen LogP) is 4.11. The van der Waals surface area contributed by atoms with Gasteiger partial charge in [-0.1, -0.05) is 29.3 Å². The van der Waals surface area contributed by atoms with Crippen molar-refractivity contribution in [3.05, 3.63) is 34.3 Å². The van der Waals surface area contributed by atoms with Crippen molar-refractivity contribution in [2.24, 2.45) is 0 Å². The summed E-state index contributed by atoms with van der Waals surface area (Å²) in [4.78, 5) is 10.6. The maximum absolute atomic E-state index is 10.6. The summed E-state index contributed by atoms with van der Waals surface area (Å²) in [6.07, 6.45) is 4.80. The quantitative estimate of drug-likeness (QED) is 0.804. The van der Waals surface area contributed by atoms with Crippen LogP contribution in [0.1, 0.15) is 32.3 Å². The van der Waals surface area contributed by atoms with E-state index in [1.54, 1.807) is 6.08 Å². The lowest BCUT2D eigenvalue weighted by Gasteiger charge is -2.16. The largest absolute Gasteiger partial charge is 0.490 e. The van der Waals surface area contributed by atoms with E-state index in [0.717, 1.165) is 29.0 Å². The lowest BCUT2D eigenvalue weighted by molar-refractivity contribution is -0.131. The number of halogens is 1. The highest BCUT2D eigenvalue weighted by atomic mass is 79.9. The molecule has 0 heterocycles. The first-order valence-electron chi connectivity index (χ1n) is 5.90. The third-order valence-corrected chi connectivity index (χ3v) is 2.89. The Morgan fingerprint density at radius 1 is 1.56 bits per heavy atom. The van der Waals surface area contributed by atoms with E-state index in [-0.39, 0.29) is 6.10 Å². The van der Waals surface area contributed by atoms with Gasteiger partial charge in [0.2, 0.25) is 0 Å². The summed E-state index contributed by atoms with van der Waals surface area (Å²) in [6.45, 7) is 4.11. The van der Waals surface area contributed by atoms with Gasteiger partial charge in [-0.05, 0) is 37.6 Å². The van der Waals surface area contributed by atoms with Crippen molar-refractivity contribution in [3.8, 4) is 5.75 Å². The van der Waals surface area contributed by atoms with Gasteiger partial charge < -0.3 is 9.84 Å². The molecule has 1 rings (SSSR count). The highest BCUT2D eigenvalue weighted by Crippen LogP contribution is 2.26. The van der Waals surface area contributed by atoms with Crippen LogP contribution in [0.2, 0.25) is 0 Å². The molecule has 0 aliphatic heterocycles. The Labute approximate surface area is 116 Å². The van der Waals surface area contributed by atoms with Gasteiger partial charge >= 0.3 is 5.97 Å². The first-order valence-corrected chi connectivity index (χ1v) is 6.69. The summed E-state index contributed by atoms with van der Waals surface area (Å²) in [5.74, 6) is -0.265. The molecule has 0 aliphatic rings. The molecule has 0 spiro atoms. The molecule has 1 aromatic carbocycles. The summed E-state index contributed by atoms with van der Waals surface area (Å²) in [5.41, 5.74) is 0.759. The summed E-state index contributed by atoms with van der Waals surface area (Å²) in [6, 6.07) is 5.57. The Balaban J connectivity index is 2.92. The molecule has 18 heavy (non-hydrogen) atoms.